The van der Waals surface area contributed by atoms with Crippen LogP contribution >= 0.6 is 0 Å². The van der Waals surface area contributed by atoms with Gasteiger partial charge in [-0.25, -0.2) is 9.67 Å². The zero-order valence-corrected chi connectivity index (χ0v) is 8.72. The standard InChI is InChI=1S/C11H14N4/c1-12-6-5-10-3-2-4-11(7-10)15-9-13-8-14-15/h2-4,7-9,12H,5-6H2,1H3. The second-order valence-corrected chi connectivity index (χ2v) is 3.36. The molecule has 2 rings (SSSR count). The number of nitrogens with zero attached hydrogens (tertiary/aromatic N) is 3. The molecule has 1 aromatic heterocycles. The van der Waals surface area contributed by atoms with E-state index in [2.05, 4.69) is 27.5 Å². The third kappa shape index (κ3) is 2.41. The Morgan fingerprint density at radius 1 is 1.40 bits per heavy atom. The zero-order chi connectivity index (χ0) is 10.5. The molecule has 0 amide bonds. The molecule has 1 heterocycles. The van der Waals surface area contributed by atoms with Crippen LogP contribution in [0, 0.1) is 0 Å². The molecule has 4 nitrogen and oxygen atoms in total. The van der Waals surface area contributed by atoms with Crippen molar-refractivity contribution >= 4 is 0 Å². The molecule has 0 radical (unpaired) electrons. The first-order chi connectivity index (χ1) is 7.40. The molecule has 0 saturated carbocycles. The Hall–Kier alpha value is -1.68. The fourth-order valence-corrected chi connectivity index (χ4v) is 1.47. The number of hydrogen-bond donors (Lipinski definition) is 1. The van der Waals surface area contributed by atoms with E-state index in [1.807, 2.05) is 19.2 Å². The molecule has 78 valence electrons. The van der Waals surface area contributed by atoms with E-state index in [0.717, 1.165) is 18.7 Å². The highest BCUT2D eigenvalue weighted by Crippen LogP contribution is 2.09. The van der Waals surface area contributed by atoms with Crippen LogP contribution in [-0.2, 0) is 6.42 Å². The van der Waals surface area contributed by atoms with Crippen molar-refractivity contribution in [3.8, 4) is 5.69 Å². The van der Waals surface area contributed by atoms with Crippen LogP contribution in [-0.4, -0.2) is 28.4 Å². The smallest absolute Gasteiger partial charge is 0.138 e. The summed E-state index contributed by atoms with van der Waals surface area (Å²) in [6.07, 6.45) is 4.27. The molecule has 4 heteroatoms. The second-order valence-electron chi connectivity index (χ2n) is 3.36. The van der Waals surface area contributed by atoms with E-state index < -0.39 is 0 Å². The highest BCUT2D eigenvalue weighted by Gasteiger charge is 1.98. The van der Waals surface area contributed by atoms with Gasteiger partial charge in [0.25, 0.3) is 0 Å². The highest BCUT2D eigenvalue weighted by atomic mass is 15.3. The van der Waals surface area contributed by atoms with Gasteiger partial charge in [-0.05, 0) is 37.7 Å². The first kappa shape index (κ1) is 9.86. The first-order valence-electron chi connectivity index (χ1n) is 4.98. The van der Waals surface area contributed by atoms with Crippen LogP contribution < -0.4 is 5.32 Å². The molecule has 0 aliphatic heterocycles. The maximum atomic E-state index is 4.10. The summed E-state index contributed by atoms with van der Waals surface area (Å²) in [6.45, 7) is 0.987. The molecule has 0 unspecified atom stereocenters. The summed E-state index contributed by atoms with van der Waals surface area (Å²) < 4.78 is 1.77. The Bertz CT molecular complexity index is 408. The fourth-order valence-electron chi connectivity index (χ4n) is 1.47. The van der Waals surface area contributed by atoms with Crippen LogP contribution in [0.25, 0.3) is 5.69 Å². The molecule has 1 aromatic carbocycles. The Morgan fingerprint density at radius 2 is 2.33 bits per heavy atom. The fraction of sp³-hybridized carbons (Fsp3) is 0.273. The lowest BCUT2D eigenvalue weighted by molar-refractivity contribution is 0.789. The van der Waals surface area contributed by atoms with Gasteiger partial charge in [0, 0.05) is 0 Å². The van der Waals surface area contributed by atoms with Crippen molar-refractivity contribution < 1.29 is 0 Å². The molecule has 0 bridgehead atoms. The Labute approximate surface area is 89.0 Å². The largest absolute Gasteiger partial charge is 0.319 e. The van der Waals surface area contributed by atoms with Gasteiger partial charge in [-0.2, -0.15) is 5.10 Å². The molecule has 0 aliphatic carbocycles. The third-order valence-corrected chi connectivity index (χ3v) is 2.26. The zero-order valence-electron chi connectivity index (χ0n) is 8.72. The molecular weight excluding hydrogens is 188 g/mol. The van der Waals surface area contributed by atoms with Gasteiger partial charge in [0.2, 0.25) is 0 Å². The molecule has 0 saturated heterocycles. The minimum atomic E-state index is 0.987. The average Bonchev–Trinajstić information content (AvgIpc) is 2.80. The van der Waals surface area contributed by atoms with Crippen LogP contribution in [0.4, 0.5) is 0 Å². The number of aromatic nitrogens is 3. The summed E-state index contributed by atoms with van der Waals surface area (Å²) in [5, 5.41) is 7.23. The molecule has 0 aliphatic rings. The monoisotopic (exact) mass is 202 g/mol. The lowest BCUT2D eigenvalue weighted by Gasteiger charge is -2.04. The normalized spacial score (nSPS) is 10.5. The molecule has 1 N–H and O–H groups in total. The summed E-state index contributed by atoms with van der Waals surface area (Å²) >= 11 is 0. The molecule has 2 aromatic rings. The third-order valence-electron chi connectivity index (χ3n) is 2.26. The van der Waals surface area contributed by atoms with Crippen LogP contribution in [0.3, 0.4) is 0 Å². The summed E-state index contributed by atoms with van der Waals surface area (Å²) in [5.41, 5.74) is 2.36. The Kier molecular flexibility index (Phi) is 3.09. The van der Waals surface area contributed by atoms with Crippen molar-refractivity contribution in [2.24, 2.45) is 0 Å². The van der Waals surface area contributed by atoms with Gasteiger partial charge in [0.05, 0.1) is 5.69 Å². The van der Waals surface area contributed by atoms with Crippen molar-refractivity contribution in [1.82, 2.24) is 20.1 Å². The van der Waals surface area contributed by atoms with Crippen molar-refractivity contribution in [2.45, 2.75) is 6.42 Å². The summed E-state index contributed by atoms with van der Waals surface area (Å²) in [7, 11) is 1.96. The van der Waals surface area contributed by atoms with E-state index in [1.165, 1.54) is 5.56 Å². The lowest BCUT2D eigenvalue weighted by Crippen LogP contribution is -2.10. The van der Waals surface area contributed by atoms with Gasteiger partial charge in [-0.15, -0.1) is 0 Å². The minimum absolute atomic E-state index is 0.987. The maximum absolute atomic E-state index is 4.10. The summed E-state index contributed by atoms with van der Waals surface area (Å²) in [6, 6.07) is 8.32. The van der Waals surface area contributed by atoms with E-state index in [0.29, 0.717) is 0 Å². The van der Waals surface area contributed by atoms with Gasteiger partial charge < -0.3 is 5.32 Å². The molecular formula is C11H14N4. The van der Waals surface area contributed by atoms with Crippen LogP contribution in [0.1, 0.15) is 5.56 Å². The van der Waals surface area contributed by atoms with Crippen LogP contribution in [0.2, 0.25) is 0 Å². The van der Waals surface area contributed by atoms with Gasteiger partial charge in [-0.3, -0.25) is 0 Å². The van der Waals surface area contributed by atoms with E-state index in [1.54, 1.807) is 17.3 Å². The molecule has 0 atom stereocenters. The minimum Gasteiger partial charge on any atom is -0.319 e. The molecule has 15 heavy (non-hydrogen) atoms. The van der Waals surface area contributed by atoms with Gasteiger partial charge in [0.15, 0.2) is 0 Å². The van der Waals surface area contributed by atoms with Gasteiger partial charge in [0.1, 0.15) is 12.7 Å². The summed E-state index contributed by atoms with van der Waals surface area (Å²) in [4.78, 5) is 3.93. The molecule has 0 fully saturated rings. The first-order valence-corrected chi connectivity index (χ1v) is 4.98. The average molecular weight is 202 g/mol. The SMILES string of the molecule is CNCCc1cccc(-n2cncn2)c1. The predicted octanol–water partition coefficient (Wildman–Crippen LogP) is 1.03. The van der Waals surface area contributed by atoms with Crippen LogP contribution in [0.15, 0.2) is 36.9 Å². The van der Waals surface area contributed by atoms with Crippen molar-refractivity contribution in [1.29, 1.82) is 0 Å². The Morgan fingerprint density at radius 3 is 3.07 bits per heavy atom. The van der Waals surface area contributed by atoms with Gasteiger partial charge >= 0.3 is 0 Å². The number of benzene rings is 1. The summed E-state index contributed by atoms with van der Waals surface area (Å²) in [5.74, 6) is 0. The molecule has 0 spiro atoms. The quantitative estimate of drug-likeness (QED) is 0.805. The van der Waals surface area contributed by atoms with Crippen LogP contribution in [0.5, 0.6) is 0 Å². The number of hydrogen-bond acceptors (Lipinski definition) is 3. The topological polar surface area (TPSA) is 42.7 Å². The Balaban J connectivity index is 2.19. The van der Waals surface area contributed by atoms with Crippen molar-refractivity contribution in [2.75, 3.05) is 13.6 Å². The van der Waals surface area contributed by atoms with Crippen molar-refractivity contribution in [3.63, 3.8) is 0 Å². The number of likely N-dealkylation sites (N-methyl/N-ethyl adjacent to an activating group) is 1. The number of rotatable bonds is 4. The van der Waals surface area contributed by atoms with E-state index in [-0.39, 0.29) is 0 Å². The number of nitrogens with one attached hydrogen (secondary N) is 1. The van der Waals surface area contributed by atoms with Gasteiger partial charge in [-0.1, -0.05) is 12.1 Å². The maximum Gasteiger partial charge on any atom is 0.138 e. The predicted molar refractivity (Wildman–Crippen MR) is 59.0 cm³/mol. The van der Waals surface area contributed by atoms with Crippen molar-refractivity contribution in [3.05, 3.63) is 42.5 Å². The van der Waals surface area contributed by atoms with E-state index in [9.17, 15) is 0 Å². The second kappa shape index (κ2) is 4.70. The van der Waals surface area contributed by atoms with E-state index >= 15 is 0 Å². The lowest BCUT2D eigenvalue weighted by atomic mass is 10.1. The highest BCUT2D eigenvalue weighted by molar-refractivity contribution is 5.34. The van der Waals surface area contributed by atoms with E-state index in [4.69, 9.17) is 0 Å².